The summed E-state index contributed by atoms with van der Waals surface area (Å²) in [5, 5.41) is 18.6. The second-order valence-corrected chi connectivity index (χ2v) is 12.4. The Labute approximate surface area is 215 Å². The van der Waals surface area contributed by atoms with Crippen LogP contribution in [0.15, 0.2) is 59.6 Å². The molecule has 4 heterocycles. The van der Waals surface area contributed by atoms with Crippen LogP contribution in [-0.2, 0) is 9.47 Å². The van der Waals surface area contributed by atoms with Crippen molar-refractivity contribution >= 4 is 35.5 Å². The van der Waals surface area contributed by atoms with Crippen LogP contribution in [0.4, 0.5) is 11.5 Å². The monoisotopic (exact) mass is 520 g/mol. The molecule has 0 atom stereocenters. The van der Waals surface area contributed by atoms with Crippen LogP contribution in [0.3, 0.4) is 0 Å². The van der Waals surface area contributed by atoms with Crippen LogP contribution in [0.25, 0.3) is 5.69 Å². The summed E-state index contributed by atoms with van der Waals surface area (Å²) in [5.41, 5.74) is 2.93. The van der Waals surface area contributed by atoms with Gasteiger partial charge in [-0.1, -0.05) is 18.2 Å². The summed E-state index contributed by atoms with van der Waals surface area (Å²) < 4.78 is 18.7. The highest BCUT2D eigenvalue weighted by Gasteiger charge is 2.45. The molecule has 2 aromatic carbocycles. The molecule has 3 aromatic rings. The van der Waals surface area contributed by atoms with E-state index in [9.17, 15) is 10.1 Å². The van der Waals surface area contributed by atoms with Crippen LogP contribution >= 0.6 is 7.19 Å². The minimum absolute atomic E-state index is 0.0764. The van der Waals surface area contributed by atoms with Crippen molar-refractivity contribution in [1.82, 2.24) is 19.1 Å². The van der Waals surface area contributed by atoms with E-state index in [1.165, 1.54) is 0 Å². The molecular formula is C26H29N6O4P. The molecule has 10 nitrogen and oxygen atoms in total. The van der Waals surface area contributed by atoms with Gasteiger partial charge in [-0.25, -0.2) is 9.67 Å². The number of non-ortho nitro benzene ring substituents is 1. The Kier molecular flexibility index (Phi) is 6.52. The maximum atomic E-state index is 11.4. The molecular weight excluding hydrogens is 491 g/mol. The molecule has 0 aliphatic carbocycles. The highest BCUT2D eigenvalue weighted by molar-refractivity contribution is 7.81. The smallest absolute Gasteiger partial charge is 0.269 e. The normalized spacial score (nSPS) is 20.1. The van der Waals surface area contributed by atoms with Crippen molar-refractivity contribution in [3.8, 4) is 5.69 Å². The summed E-state index contributed by atoms with van der Waals surface area (Å²) in [5.74, 6) is 0.848. The van der Waals surface area contributed by atoms with Crippen molar-refractivity contribution in [3.63, 3.8) is 0 Å². The number of nitrogens with zero attached hydrogens (tertiary/aromatic N) is 6. The Hall–Kier alpha value is -3.14. The Morgan fingerprint density at radius 1 is 0.892 bits per heavy atom. The number of hydrogen-bond acceptors (Lipinski definition) is 8. The average Bonchev–Trinajstić information content (AvgIpc) is 3.31. The van der Waals surface area contributed by atoms with Crippen LogP contribution in [0.5, 0.6) is 0 Å². The lowest BCUT2D eigenvalue weighted by Crippen LogP contribution is -2.49. The first kappa shape index (κ1) is 24.2. The molecule has 0 spiro atoms. The summed E-state index contributed by atoms with van der Waals surface area (Å²) in [4.78, 5) is 16.0. The van der Waals surface area contributed by atoms with Crippen molar-refractivity contribution in [2.75, 3.05) is 52.6 Å². The lowest BCUT2D eigenvalue weighted by Gasteiger charge is -2.50. The standard InChI is InChI=1S/C26H29N6O4P/c1-20-25-26(31(28-20)22-5-3-2-4-6-22)27-19-24(21-7-9-23(10-8-21)32(33)34)37(25,29-11-15-35-16-12-29)30-13-17-36-18-14-30/h2-10,19H,11-18H2,1H3. The Bertz CT molecular complexity index is 1370. The first-order chi connectivity index (χ1) is 18.1. The zero-order valence-corrected chi connectivity index (χ0v) is 21.6. The first-order valence-electron chi connectivity index (χ1n) is 12.5. The maximum absolute atomic E-state index is 11.4. The highest BCUT2D eigenvalue weighted by Crippen LogP contribution is 2.60. The molecule has 0 amide bonds. The quantitative estimate of drug-likeness (QED) is 0.290. The molecule has 1 aromatic heterocycles. The number of nitro benzene ring substituents is 1. The molecule has 6 rings (SSSR count). The largest absolute Gasteiger partial charge is 0.379 e. The third kappa shape index (κ3) is 4.05. The molecule has 3 aliphatic heterocycles. The summed E-state index contributed by atoms with van der Waals surface area (Å²) in [6.07, 6.45) is 1.97. The molecule has 2 saturated heterocycles. The molecule has 37 heavy (non-hydrogen) atoms. The van der Waals surface area contributed by atoms with E-state index < -0.39 is 7.19 Å². The molecule has 2 fully saturated rings. The molecule has 3 aliphatic rings. The van der Waals surface area contributed by atoms with Gasteiger partial charge >= 0.3 is 0 Å². The number of ether oxygens (including phenoxy) is 2. The molecule has 0 unspecified atom stereocenters. The highest BCUT2D eigenvalue weighted by atomic mass is 31.2. The van der Waals surface area contributed by atoms with Crippen molar-refractivity contribution < 1.29 is 14.4 Å². The number of para-hydroxylation sites is 1. The lowest BCUT2D eigenvalue weighted by molar-refractivity contribution is -0.384. The van der Waals surface area contributed by atoms with Gasteiger partial charge in [-0.2, -0.15) is 5.10 Å². The number of nitro groups is 1. The predicted octanol–water partition coefficient (Wildman–Crippen LogP) is 3.16. The number of benzene rings is 2. The number of hydrogen-bond donors (Lipinski definition) is 0. The van der Waals surface area contributed by atoms with Gasteiger partial charge in [-0.3, -0.25) is 19.5 Å². The Morgan fingerprint density at radius 3 is 2.05 bits per heavy atom. The van der Waals surface area contributed by atoms with Gasteiger partial charge in [0.1, 0.15) is 0 Å². The second kappa shape index (κ2) is 9.96. The van der Waals surface area contributed by atoms with Gasteiger partial charge in [0.05, 0.1) is 55.2 Å². The number of aryl methyl sites for hydroxylation is 1. The van der Waals surface area contributed by atoms with Crippen molar-refractivity contribution in [2.45, 2.75) is 6.92 Å². The number of aliphatic imine (C=N–C) groups is 1. The van der Waals surface area contributed by atoms with Gasteiger partial charge in [0, 0.05) is 49.8 Å². The summed E-state index contributed by atoms with van der Waals surface area (Å²) >= 11 is 0. The minimum atomic E-state index is -2.42. The van der Waals surface area contributed by atoms with Crippen LogP contribution < -0.4 is 5.30 Å². The van der Waals surface area contributed by atoms with E-state index in [1.54, 1.807) is 12.1 Å². The fourth-order valence-corrected chi connectivity index (χ4v) is 10.4. The van der Waals surface area contributed by atoms with Crippen LogP contribution in [-0.4, -0.2) is 88.2 Å². The molecule has 11 heteroatoms. The van der Waals surface area contributed by atoms with E-state index in [-0.39, 0.29) is 10.6 Å². The van der Waals surface area contributed by atoms with Crippen molar-refractivity contribution in [2.24, 2.45) is 4.99 Å². The SMILES string of the molecule is Cc1nn(-c2ccccc2)c2c1P(N1CCOCC1)(N1CCOCC1)=C(c1ccc([N+](=O)[O-])cc1)C=N2. The number of morpholine rings is 2. The molecule has 0 bridgehead atoms. The van der Waals surface area contributed by atoms with Crippen molar-refractivity contribution in [1.29, 1.82) is 0 Å². The van der Waals surface area contributed by atoms with E-state index in [2.05, 4.69) is 16.3 Å². The summed E-state index contributed by atoms with van der Waals surface area (Å²) in [6.45, 7) is 7.81. The Balaban J connectivity index is 1.67. The number of fused-ring (bicyclic) bond motifs is 1. The van der Waals surface area contributed by atoms with E-state index in [0.29, 0.717) is 26.4 Å². The lowest BCUT2D eigenvalue weighted by atomic mass is 10.1. The second-order valence-electron chi connectivity index (χ2n) is 9.19. The molecule has 192 valence electrons. The van der Waals surface area contributed by atoms with E-state index in [1.807, 2.05) is 53.4 Å². The Morgan fingerprint density at radius 2 is 1.49 bits per heavy atom. The predicted molar refractivity (Wildman–Crippen MR) is 145 cm³/mol. The third-order valence-corrected chi connectivity index (χ3v) is 11.8. The maximum Gasteiger partial charge on any atom is 0.269 e. The first-order valence-corrected chi connectivity index (χ1v) is 14.2. The fourth-order valence-electron chi connectivity index (χ4n) is 5.52. The summed E-state index contributed by atoms with van der Waals surface area (Å²) in [7, 11) is -2.42. The van der Waals surface area contributed by atoms with Gasteiger partial charge in [-0.05, 0) is 36.8 Å². The molecule has 0 N–H and O–H groups in total. The number of aromatic nitrogens is 2. The van der Waals surface area contributed by atoms with Gasteiger partial charge in [-0.15, -0.1) is 0 Å². The van der Waals surface area contributed by atoms with Gasteiger partial charge in [0.15, 0.2) is 5.82 Å². The van der Waals surface area contributed by atoms with Gasteiger partial charge in [0.25, 0.3) is 5.69 Å². The van der Waals surface area contributed by atoms with Crippen LogP contribution in [0.2, 0.25) is 0 Å². The third-order valence-electron chi connectivity index (χ3n) is 7.13. The topological polar surface area (TPSA) is 98.3 Å². The zero-order valence-electron chi connectivity index (χ0n) is 20.7. The zero-order chi connectivity index (χ0) is 25.4. The average molecular weight is 521 g/mol. The van der Waals surface area contributed by atoms with Gasteiger partial charge < -0.3 is 9.47 Å². The van der Waals surface area contributed by atoms with Crippen LogP contribution in [0, 0.1) is 17.0 Å². The molecule has 0 saturated carbocycles. The van der Waals surface area contributed by atoms with Crippen molar-refractivity contribution in [3.05, 3.63) is 76.0 Å². The summed E-state index contributed by atoms with van der Waals surface area (Å²) in [6, 6.07) is 17.0. The number of rotatable bonds is 5. The minimum Gasteiger partial charge on any atom is -0.379 e. The van der Waals surface area contributed by atoms with Gasteiger partial charge in [0.2, 0.25) is 0 Å². The van der Waals surface area contributed by atoms with E-state index in [0.717, 1.165) is 59.5 Å². The fraction of sp³-hybridized carbons (Fsp3) is 0.346. The van der Waals surface area contributed by atoms with Crippen LogP contribution in [0.1, 0.15) is 11.3 Å². The molecule has 0 radical (unpaired) electrons. The van der Waals surface area contributed by atoms with E-state index in [4.69, 9.17) is 19.6 Å². The van der Waals surface area contributed by atoms with E-state index >= 15 is 0 Å².